The lowest BCUT2D eigenvalue weighted by Crippen LogP contribution is -2.53. The predicted octanol–water partition coefficient (Wildman–Crippen LogP) is 0.990. The third kappa shape index (κ3) is 3.07. The summed E-state index contributed by atoms with van der Waals surface area (Å²) in [7, 11) is 0. The van der Waals surface area contributed by atoms with Crippen molar-refractivity contribution in [2.75, 3.05) is 0 Å². The number of nitrogens with zero attached hydrogens (tertiary/aromatic N) is 2. The van der Waals surface area contributed by atoms with Crippen molar-refractivity contribution in [3.63, 3.8) is 0 Å². The highest BCUT2D eigenvalue weighted by molar-refractivity contribution is 6.33. The molecule has 0 bridgehead atoms. The number of amides is 1. The minimum absolute atomic E-state index is 0.101. The molecule has 1 rings (SSSR count). The van der Waals surface area contributed by atoms with Gasteiger partial charge in [0.2, 0.25) is 0 Å². The van der Waals surface area contributed by atoms with Gasteiger partial charge in [-0.15, -0.1) is 0 Å². The number of nitrogens with two attached hydrogens (primary N) is 1. The van der Waals surface area contributed by atoms with Crippen LogP contribution in [0.2, 0.25) is 5.02 Å². The van der Waals surface area contributed by atoms with Gasteiger partial charge in [-0.1, -0.05) is 16.8 Å². The second kappa shape index (κ2) is 5.01. The molecule has 92 valence electrons. The van der Waals surface area contributed by atoms with Gasteiger partial charge in [-0.25, -0.2) is 0 Å². The number of oxime groups is 1. The van der Waals surface area contributed by atoms with Crippen LogP contribution in [0.1, 0.15) is 24.2 Å². The summed E-state index contributed by atoms with van der Waals surface area (Å²) in [5.74, 6) is -0.523. The zero-order chi connectivity index (χ0) is 13.1. The monoisotopic (exact) mass is 256 g/mol. The molecule has 0 fully saturated rings. The minimum Gasteiger partial charge on any atom is -0.409 e. The summed E-state index contributed by atoms with van der Waals surface area (Å²) >= 11 is 5.83. The summed E-state index contributed by atoms with van der Waals surface area (Å²) in [5, 5.41) is 14.3. The van der Waals surface area contributed by atoms with Crippen molar-refractivity contribution < 1.29 is 10.0 Å². The Morgan fingerprint density at radius 2 is 2.29 bits per heavy atom. The SMILES string of the molecule is CC(C)(NC(=O)c1ccncc1Cl)C(N)=NO. The van der Waals surface area contributed by atoms with Crippen molar-refractivity contribution in [3.05, 3.63) is 29.0 Å². The molecule has 6 nitrogen and oxygen atoms in total. The Bertz CT molecular complexity index is 459. The molecule has 0 aliphatic carbocycles. The van der Waals surface area contributed by atoms with E-state index in [2.05, 4.69) is 15.5 Å². The summed E-state index contributed by atoms with van der Waals surface area (Å²) in [6.07, 6.45) is 2.82. The Kier molecular flexibility index (Phi) is 3.90. The maximum atomic E-state index is 11.9. The van der Waals surface area contributed by atoms with E-state index in [1.54, 1.807) is 13.8 Å². The van der Waals surface area contributed by atoms with Crippen molar-refractivity contribution in [1.82, 2.24) is 10.3 Å². The van der Waals surface area contributed by atoms with Crippen LogP contribution in [0.25, 0.3) is 0 Å². The van der Waals surface area contributed by atoms with Gasteiger partial charge in [0.05, 0.1) is 16.1 Å². The van der Waals surface area contributed by atoms with E-state index in [0.717, 1.165) is 0 Å². The summed E-state index contributed by atoms with van der Waals surface area (Å²) in [6, 6.07) is 1.49. The highest BCUT2D eigenvalue weighted by Crippen LogP contribution is 2.14. The predicted molar refractivity (Wildman–Crippen MR) is 64.2 cm³/mol. The lowest BCUT2D eigenvalue weighted by molar-refractivity contribution is 0.0931. The van der Waals surface area contributed by atoms with Crippen LogP contribution >= 0.6 is 11.6 Å². The number of hydrogen-bond donors (Lipinski definition) is 3. The molecule has 1 heterocycles. The van der Waals surface area contributed by atoms with Crippen LogP contribution in [0.15, 0.2) is 23.6 Å². The van der Waals surface area contributed by atoms with E-state index in [4.69, 9.17) is 22.5 Å². The summed E-state index contributed by atoms with van der Waals surface area (Å²) in [4.78, 5) is 15.7. The molecule has 4 N–H and O–H groups in total. The molecule has 0 aliphatic rings. The molecular formula is C10H13ClN4O2. The number of halogens is 1. The van der Waals surface area contributed by atoms with E-state index in [1.807, 2.05) is 0 Å². The maximum absolute atomic E-state index is 11.9. The highest BCUT2D eigenvalue weighted by Gasteiger charge is 2.26. The lowest BCUT2D eigenvalue weighted by atomic mass is 10.0. The van der Waals surface area contributed by atoms with Gasteiger partial charge < -0.3 is 16.3 Å². The molecule has 0 saturated carbocycles. The van der Waals surface area contributed by atoms with E-state index in [9.17, 15) is 4.79 Å². The molecule has 1 amide bonds. The van der Waals surface area contributed by atoms with Crippen molar-refractivity contribution in [3.8, 4) is 0 Å². The smallest absolute Gasteiger partial charge is 0.253 e. The lowest BCUT2D eigenvalue weighted by Gasteiger charge is -2.24. The molecule has 1 aromatic rings. The Morgan fingerprint density at radius 1 is 1.65 bits per heavy atom. The van der Waals surface area contributed by atoms with E-state index in [-0.39, 0.29) is 16.4 Å². The van der Waals surface area contributed by atoms with Crippen LogP contribution in [-0.2, 0) is 0 Å². The molecule has 7 heteroatoms. The number of nitrogens with one attached hydrogen (secondary N) is 1. The van der Waals surface area contributed by atoms with E-state index in [0.29, 0.717) is 0 Å². The first kappa shape index (κ1) is 13.2. The summed E-state index contributed by atoms with van der Waals surface area (Å²) in [6.45, 7) is 3.21. The van der Waals surface area contributed by atoms with Gasteiger partial charge in [0.25, 0.3) is 5.91 Å². The number of rotatable bonds is 3. The second-order valence-electron chi connectivity index (χ2n) is 3.92. The van der Waals surface area contributed by atoms with Gasteiger partial charge in [0.15, 0.2) is 5.84 Å². The van der Waals surface area contributed by atoms with Gasteiger partial charge >= 0.3 is 0 Å². The van der Waals surface area contributed by atoms with E-state index in [1.165, 1.54) is 18.5 Å². The number of pyridine rings is 1. The van der Waals surface area contributed by atoms with Crippen LogP contribution in [0.4, 0.5) is 0 Å². The normalized spacial score (nSPS) is 12.3. The number of aromatic nitrogens is 1. The Labute approximate surface area is 103 Å². The fourth-order valence-electron chi connectivity index (χ4n) is 1.10. The maximum Gasteiger partial charge on any atom is 0.253 e. The number of hydrogen-bond acceptors (Lipinski definition) is 4. The Hall–Kier alpha value is -1.82. The highest BCUT2D eigenvalue weighted by atomic mass is 35.5. The van der Waals surface area contributed by atoms with Crippen LogP contribution in [0, 0.1) is 0 Å². The average molecular weight is 257 g/mol. The van der Waals surface area contributed by atoms with Gasteiger partial charge in [-0.2, -0.15) is 0 Å². The van der Waals surface area contributed by atoms with E-state index >= 15 is 0 Å². The topological polar surface area (TPSA) is 101 Å². The van der Waals surface area contributed by atoms with Gasteiger partial charge in [0.1, 0.15) is 0 Å². The van der Waals surface area contributed by atoms with Crippen LogP contribution in [0.3, 0.4) is 0 Å². The van der Waals surface area contributed by atoms with Crippen LogP contribution < -0.4 is 11.1 Å². The van der Waals surface area contributed by atoms with Crippen molar-refractivity contribution in [2.45, 2.75) is 19.4 Å². The zero-order valence-corrected chi connectivity index (χ0v) is 10.2. The first-order chi connectivity index (χ1) is 7.88. The molecular weight excluding hydrogens is 244 g/mol. The average Bonchev–Trinajstić information content (AvgIpc) is 2.27. The van der Waals surface area contributed by atoms with Crippen LogP contribution in [-0.4, -0.2) is 27.5 Å². The minimum atomic E-state index is -0.974. The molecule has 0 radical (unpaired) electrons. The van der Waals surface area contributed by atoms with Crippen LogP contribution in [0.5, 0.6) is 0 Å². The largest absolute Gasteiger partial charge is 0.409 e. The second-order valence-corrected chi connectivity index (χ2v) is 4.33. The van der Waals surface area contributed by atoms with Gasteiger partial charge in [0, 0.05) is 12.4 Å². The molecule has 0 spiro atoms. The number of carbonyl (C=O) groups is 1. The third-order valence-electron chi connectivity index (χ3n) is 2.19. The first-order valence-corrected chi connectivity index (χ1v) is 5.16. The van der Waals surface area contributed by atoms with Crippen molar-refractivity contribution in [2.24, 2.45) is 10.9 Å². The summed E-state index contributed by atoms with van der Waals surface area (Å²) in [5.41, 5.74) is 4.76. The number of carbonyl (C=O) groups excluding carboxylic acids is 1. The molecule has 0 aliphatic heterocycles. The summed E-state index contributed by atoms with van der Waals surface area (Å²) < 4.78 is 0. The van der Waals surface area contributed by atoms with Crippen molar-refractivity contribution in [1.29, 1.82) is 0 Å². The van der Waals surface area contributed by atoms with Crippen molar-refractivity contribution >= 4 is 23.3 Å². The number of amidine groups is 1. The zero-order valence-electron chi connectivity index (χ0n) is 9.44. The van der Waals surface area contributed by atoms with E-state index < -0.39 is 11.4 Å². The molecule has 17 heavy (non-hydrogen) atoms. The standard InChI is InChI=1S/C10H13ClN4O2/c1-10(2,9(12)15-17)14-8(16)6-3-4-13-5-7(6)11/h3-5,17H,1-2H3,(H2,12,15)(H,14,16). The molecule has 0 aromatic carbocycles. The molecule has 0 unspecified atom stereocenters. The Balaban J connectivity index is 2.91. The molecule has 0 saturated heterocycles. The Morgan fingerprint density at radius 3 is 2.82 bits per heavy atom. The molecule has 0 atom stereocenters. The third-order valence-corrected chi connectivity index (χ3v) is 2.49. The fourth-order valence-corrected chi connectivity index (χ4v) is 1.30. The first-order valence-electron chi connectivity index (χ1n) is 4.78. The van der Waals surface area contributed by atoms with Gasteiger partial charge in [-0.05, 0) is 19.9 Å². The molecule has 1 aromatic heterocycles. The van der Waals surface area contributed by atoms with Gasteiger partial charge in [-0.3, -0.25) is 9.78 Å². The quantitative estimate of drug-likeness (QED) is 0.325. The fraction of sp³-hybridized carbons (Fsp3) is 0.300.